The maximum atomic E-state index is 13.8. The lowest BCUT2D eigenvalue weighted by Gasteiger charge is -2.22. The summed E-state index contributed by atoms with van der Waals surface area (Å²) in [7, 11) is 0. The van der Waals surface area contributed by atoms with Crippen LogP contribution in [-0.4, -0.2) is 22.5 Å². The van der Waals surface area contributed by atoms with E-state index in [-0.39, 0.29) is 17.5 Å². The monoisotopic (exact) mass is 288 g/mol. The number of aryl methyl sites for hydroxylation is 1. The van der Waals surface area contributed by atoms with Crippen LogP contribution < -0.4 is 0 Å². The predicted molar refractivity (Wildman–Crippen MR) is 75.3 cm³/mol. The SMILES string of the molecule is CCc1cc(C2CCCN2C(=O)c2ccccc2F)on1. The van der Waals surface area contributed by atoms with E-state index in [1.165, 1.54) is 12.1 Å². The summed E-state index contributed by atoms with van der Waals surface area (Å²) < 4.78 is 19.1. The molecule has 1 saturated heterocycles. The fraction of sp³-hybridized carbons (Fsp3) is 0.375. The fourth-order valence-electron chi connectivity index (χ4n) is 2.75. The normalized spacial score (nSPS) is 18.2. The molecule has 0 N–H and O–H groups in total. The summed E-state index contributed by atoms with van der Waals surface area (Å²) in [6.07, 6.45) is 2.49. The Balaban J connectivity index is 1.87. The summed E-state index contributed by atoms with van der Waals surface area (Å²) in [5, 5.41) is 3.98. The number of carbonyl (C=O) groups excluding carboxylic acids is 1. The minimum atomic E-state index is -0.486. The number of hydrogen-bond acceptors (Lipinski definition) is 3. The molecule has 3 rings (SSSR count). The van der Waals surface area contributed by atoms with E-state index in [9.17, 15) is 9.18 Å². The second-order valence-corrected chi connectivity index (χ2v) is 5.21. The number of hydrogen-bond donors (Lipinski definition) is 0. The number of nitrogens with zero attached hydrogens (tertiary/aromatic N) is 2. The topological polar surface area (TPSA) is 46.3 Å². The molecular formula is C16H17FN2O2. The number of likely N-dealkylation sites (tertiary alicyclic amines) is 1. The molecule has 1 aliphatic rings. The van der Waals surface area contributed by atoms with Crippen molar-refractivity contribution in [2.24, 2.45) is 0 Å². The molecule has 1 aromatic heterocycles. The van der Waals surface area contributed by atoms with Crippen molar-refractivity contribution in [3.63, 3.8) is 0 Å². The Morgan fingerprint density at radius 2 is 2.29 bits per heavy atom. The zero-order valence-electron chi connectivity index (χ0n) is 11.9. The van der Waals surface area contributed by atoms with E-state index in [0.717, 1.165) is 25.0 Å². The molecular weight excluding hydrogens is 271 g/mol. The second kappa shape index (κ2) is 5.68. The van der Waals surface area contributed by atoms with Gasteiger partial charge in [-0.3, -0.25) is 4.79 Å². The van der Waals surface area contributed by atoms with Crippen LogP contribution in [0.3, 0.4) is 0 Å². The van der Waals surface area contributed by atoms with Crippen molar-refractivity contribution in [3.05, 3.63) is 53.2 Å². The molecule has 110 valence electrons. The summed E-state index contributed by atoms with van der Waals surface area (Å²) >= 11 is 0. The van der Waals surface area contributed by atoms with E-state index >= 15 is 0 Å². The number of carbonyl (C=O) groups is 1. The second-order valence-electron chi connectivity index (χ2n) is 5.21. The van der Waals surface area contributed by atoms with Gasteiger partial charge < -0.3 is 9.42 Å². The van der Waals surface area contributed by atoms with Crippen LogP contribution in [0.4, 0.5) is 4.39 Å². The molecule has 2 aromatic rings. The quantitative estimate of drug-likeness (QED) is 0.870. The van der Waals surface area contributed by atoms with Crippen molar-refractivity contribution < 1.29 is 13.7 Å². The van der Waals surface area contributed by atoms with Gasteiger partial charge in [0.15, 0.2) is 5.76 Å². The average Bonchev–Trinajstić information content (AvgIpc) is 3.15. The van der Waals surface area contributed by atoms with Gasteiger partial charge in [-0.2, -0.15) is 0 Å². The average molecular weight is 288 g/mol. The minimum Gasteiger partial charge on any atom is -0.359 e. The number of aromatic nitrogens is 1. The van der Waals surface area contributed by atoms with Gasteiger partial charge in [0.25, 0.3) is 5.91 Å². The molecule has 2 heterocycles. The van der Waals surface area contributed by atoms with E-state index in [0.29, 0.717) is 12.3 Å². The van der Waals surface area contributed by atoms with Crippen LogP contribution >= 0.6 is 0 Å². The summed E-state index contributed by atoms with van der Waals surface area (Å²) in [5.74, 6) is -0.0842. The Bertz CT molecular complexity index is 653. The van der Waals surface area contributed by atoms with Gasteiger partial charge in [-0.25, -0.2) is 4.39 Å². The smallest absolute Gasteiger partial charge is 0.257 e. The summed E-state index contributed by atoms with van der Waals surface area (Å²) in [5.41, 5.74) is 0.981. The lowest BCUT2D eigenvalue weighted by Crippen LogP contribution is -2.31. The molecule has 5 heteroatoms. The van der Waals surface area contributed by atoms with Crippen molar-refractivity contribution >= 4 is 5.91 Å². The van der Waals surface area contributed by atoms with E-state index < -0.39 is 5.82 Å². The first-order valence-corrected chi connectivity index (χ1v) is 7.21. The highest BCUT2D eigenvalue weighted by molar-refractivity contribution is 5.94. The Morgan fingerprint density at radius 1 is 1.48 bits per heavy atom. The Morgan fingerprint density at radius 3 is 3.00 bits per heavy atom. The molecule has 1 fully saturated rings. The molecule has 1 atom stereocenters. The van der Waals surface area contributed by atoms with Crippen molar-refractivity contribution in [2.75, 3.05) is 6.54 Å². The molecule has 0 saturated carbocycles. The van der Waals surface area contributed by atoms with Gasteiger partial charge in [-0.15, -0.1) is 0 Å². The highest BCUT2D eigenvalue weighted by Crippen LogP contribution is 2.33. The fourth-order valence-corrected chi connectivity index (χ4v) is 2.75. The van der Waals surface area contributed by atoms with Crippen LogP contribution in [0, 0.1) is 5.82 Å². The minimum absolute atomic E-state index is 0.111. The Kier molecular flexibility index (Phi) is 3.73. The zero-order valence-corrected chi connectivity index (χ0v) is 11.9. The summed E-state index contributed by atoms with van der Waals surface area (Å²) in [6, 6.07) is 7.82. The zero-order chi connectivity index (χ0) is 14.8. The van der Waals surface area contributed by atoms with Gasteiger partial charge in [-0.05, 0) is 31.4 Å². The Labute approximate surface area is 122 Å². The maximum absolute atomic E-state index is 13.8. The lowest BCUT2D eigenvalue weighted by atomic mass is 10.1. The first-order chi connectivity index (χ1) is 10.2. The first kappa shape index (κ1) is 13.8. The third-order valence-electron chi connectivity index (χ3n) is 3.89. The lowest BCUT2D eigenvalue weighted by molar-refractivity contribution is 0.0710. The molecule has 0 radical (unpaired) electrons. The van der Waals surface area contributed by atoms with Gasteiger partial charge in [-0.1, -0.05) is 24.2 Å². The number of rotatable bonds is 3. The van der Waals surface area contributed by atoms with Gasteiger partial charge in [0.1, 0.15) is 5.82 Å². The number of halogens is 1. The standard InChI is InChI=1S/C16H17FN2O2/c1-2-11-10-15(21-18-11)14-8-5-9-19(14)16(20)12-6-3-4-7-13(12)17/h3-4,6-7,10,14H,2,5,8-9H2,1H3. The third kappa shape index (κ3) is 2.55. The van der Waals surface area contributed by atoms with Crippen LogP contribution in [-0.2, 0) is 6.42 Å². The van der Waals surface area contributed by atoms with Crippen LogP contribution in [0.2, 0.25) is 0 Å². The molecule has 1 aliphatic heterocycles. The molecule has 1 amide bonds. The van der Waals surface area contributed by atoms with Gasteiger partial charge >= 0.3 is 0 Å². The van der Waals surface area contributed by atoms with Crippen molar-refractivity contribution in [1.29, 1.82) is 0 Å². The van der Waals surface area contributed by atoms with E-state index in [1.54, 1.807) is 17.0 Å². The van der Waals surface area contributed by atoms with Crippen LogP contribution in [0.15, 0.2) is 34.9 Å². The van der Waals surface area contributed by atoms with Crippen LogP contribution in [0.1, 0.15) is 47.6 Å². The highest BCUT2D eigenvalue weighted by Gasteiger charge is 2.34. The molecule has 4 nitrogen and oxygen atoms in total. The van der Waals surface area contributed by atoms with Gasteiger partial charge in [0.2, 0.25) is 0 Å². The van der Waals surface area contributed by atoms with Crippen molar-refractivity contribution in [3.8, 4) is 0 Å². The predicted octanol–water partition coefficient (Wildman–Crippen LogP) is 3.35. The molecule has 0 bridgehead atoms. The number of benzene rings is 1. The summed E-state index contributed by atoms with van der Waals surface area (Å²) in [6.45, 7) is 2.61. The molecule has 21 heavy (non-hydrogen) atoms. The van der Waals surface area contributed by atoms with E-state index in [4.69, 9.17) is 4.52 Å². The molecule has 0 spiro atoms. The van der Waals surface area contributed by atoms with Crippen LogP contribution in [0.5, 0.6) is 0 Å². The third-order valence-corrected chi connectivity index (χ3v) is 3.89. The van der Waals surface area contributed by atoms with E-state index in [2.05, 4.69) is 5.16 Å². The molecule has 0 aliphatic carbocycles. The molecule has 1 unspecified atom stereocenters. The molecule has 1 aromatic carbocycles. The number of amides is 1. The first-order valence-electron chi connectivity index (χ1n) is 7.21. The van der Waals surface area contributed by atoms with Crippen molar-refractivity contribution in [2.45, 2.75) is 32.2 Å². The Hall–Kier alpha value is -2.17. The summed E-state index contributed by atoms with van der Waals surface area (Å²) in [4.78, 5) is 14.2. The van der Waals surface area contributed by atoms with Gasteiger partial charge in [0.05, 0.1) is 17.3 Å². The maximum Gasteiger partial charge on any atom is 0.257 e. The largest absolute Gasteiger partial charge is 0.359 e. The van der Waals surface area contributed by atoms with Crippen LogP contribution in [0.25, 0.3) is 0 Å². The van der Waals surface area contributed by atoms with Gasteiger partial charge in [0, 0.05) is 12.6 Å². The highest BCUT2D eigenvalue weighted by atomic mass is 19.1. The van der Waals surface area contributed by atoms with E-state index in [1.807, 2.05) is 13.0 Å². The van der Waals surface area contributed by atoms with Crippen molar-refractivity contribution in [1.82, 2.24) is 10.1 Å².